The summed E-state index contributed by atoms with van der Waals surface area (Å²) in [4.78, 5) is 22.0. The molecule has 0 unspecified atom stereocenters. The highest BCUT2D eigenvalue weighted by Crippen LogP contribution is 2.29. The zero-order valence-electron chi connectivity index (χ0n) is 11.1. The first-order valence-corrected chi connectivity index (χ1v) is 6.20. The fourth-order valence-electron chi connectivity index (χ4n) is 1.64. The summed E-state index contributed by atoms with van der Waals surface area (Å²) in [6.45, 7) is 2.05. The maximum Gasteiger partial charge on any atom is 0.296 e. The van der Waals surface area contributed by atoms with Gasteiger partial charge >= 0.3 is 0 Å². The molecule has 0 fully saturated rings. The van der Waals surface area contributed by atoms with E-state index in [0.29, 0.717) is 12.2 Å². The second-order valence-electron chi connectivity index (χ2n) is 4.15. The molecule has 0 spiro atoms. The van der Waals surface area contributed by atoms with Crippen LogP contribution in [0.4, 0.5) is 11.4 Å². The molecule has 1 rings (SSSR count). The second-order valence-corrected chi connectivity index (χ2v) is 4.15. The lowest BCUT2D eigenvalue weighted by atomic mass is 10.2. The highest BCUT2D eigenvalue weighted by Gasteiger charge is 2.16. The minimum absolute atomic E-state index is 0.164. The Morgan fingerprint density at radius 1 is 1.42 bits per heavy atom. The number of carbonyl (C=O) groups excluding carboxylic acids is 1. The van der Waals surface area contributed by atoms with E-state index < -0.39 is 4.92 Å². The summed E-state index contributed by atoms with van der Waals surface area (Å²) in [6.07, 6.45) is 3.15. The third kappa shape index (κ3) is 4.57. The van der Waals surface area contributed by atoms with Crippen LogP contribution in [-0.2, 0) is 4.79 Å². The van der Waals surface area contributed by atoms with Crippen LogP contribution < -0.4 is 10.1 Å². The van der Waals surface area contributed by atoms with Gasteiger partial charge in [-0.2, -0.15) is 0 Å². The Balaban J connectivity index is 2.77. The maximum atomic E-state index is 11.7. The highest BCUT2D eigenvalue weighted by atomic mass is 16.6. The number of nitro groups is 1. The molecular formula is C13H18N2O4. The SMILES string of the molecule is CCCCCC(=O)Nc1ccc(OC)cc1[N+](=O)[O-]. The molecule has 0 aliphatic heterocycles. The topological polar surface area (TPSA) is 81.5 Å². The van der Waals surface area contributed by atoms with Crippen LogP contribution in [0.5, 0.6) is 5.75 Å². The van der Waals surface area contributed by atoms with Crippen molar-refractivity contribution in [3.05, 3.63) is 28.3 Å². The monoisotopic (exact) mass is 266 g/mol. The molecule has 0 bridgehead atoms. The smallest absolute Gasteiger partial charge is 0.296 e. The number of nitrogens with zero attached hydrogens (tertiary/aromatic N) is 1. The first-order valence-electron chi connectivity index (χ1n) is 6.20. The van der Waals surface area contributed by atoms with Crippen LogP contribution >= 0.6 is 0 Å². The molecule has 0 saturated heterocycles. The zero-order chi connectivity index (χ0) is 14.3. The van der Waals surface area contributed by atoms with Crippen molar-refractivity contribution in [2.75, 3.05) is 12.4 Å². The number of nitrogens with one attached hydrogen (secondary N) is 1. The van der Waals surface area contributed by atoms with Crippen molar-refractivity contribution in [2.24, 2.45) is 0 Å². The van der Waals surface area contributed by atoms with Crippen LogP contribution in [0.1, 0.15) is 32.6 Å². The molecule has 0 heterocycles. The number of hydrogen-bond acceptors (Lipinski definition) is 4. The number of benzene rings is 1. The van der Waals surface area contributed by atoms with Gasteiger partial charge in [0.1, 0.15) is 11.4 Å². The Labute approximate surface area is 111 Å². The quantitative estimate of drug-likeness (QED) is 0.467. The van der Waals surface area contributed by atoms with Gasteiger partial charge in [0.15, 0.2) is 0 Å². The van der Waals surface area contributed by atoms with Gasteiger partial charge in [-0.25, -0.2) is 0 Å². The minimum atomic E-state index is -0.538. The molecule has 0 radical (unpaired) electrons. The molecule has 1 N–H and O–H groups in total. The van der Waals surface area contributed by atoms with Crippen molar-refractivity contribution in [3.8, 4) is 5.75 Å². The number of anilines is 1. The number of carbonyl (C=O) groups is 1. The predicted molar refractivity (Wildman–Crippen MR) is 72.4 cm³/mol. The summed E-state index contributed by atoms with van der Waals surface area (Å²) in [7, 11) is 1.43. The lowest BCUT2D eigenvalue weighted by Gasteiger charge is -2.07. The first kappa shape index (κ1) is 14.9. The first-order chi connectivity index (χ1) is 9.08. The largest absolute Gasteiger partial charge is 0.496 e. The van der Waals surface area contributed by atoms with Gasteiger partial charge in [-0.15, -0.1) is 0 Å². The number of unbranched alkanes of at least 4 members (excludes halogenated alkanes) is 2. The molecule has 104 valence electrons. The summed E-state index contributed by atoms with van der Waals surface area (Å²) in [5.41, 5.74) is 0.0375. The van der Waals surface area contributed by atoms with Gasteiger partial charge in [0.2, 0.25) is 5.91 Å². The molecule has 1 amide bonds. The lowest BCUT2D eigenvalue weighted by molar-refractivity contribution is -0.384. The van der Waals surface area contributed by atoms with Crippen LogP contribution in [0.15, 0.2) is 18.2 Å². The summed E-state index contributed by atoms with van der Waals surface area (Å²) >= 11 is 0. The number of nitro benzene ring substituents is 1. The van der Waals surface area contributed by atoms with Crippen molar-refractivity contribution in [2.45, 2.75) is 32.6 Å². The third-order valence-corrected chi connectivity index (χ3v) is 2.68. The number of hydrogen-bond donors (Lipinski definition) is 1. The average molecular weight is 266 g/mol. The molecule has 19 heavy (non-hydrogen) atoms. The summed E-state index contributed by atoms with van der Waals surface area (Å²) in [5, 5.41) is 13.5. The van der Waals surface area contributed by atoms with Gasteiger partial charge in [-0.1, -0.05) is 19.8 Å². The minimum Gasteiger partial charge on any atom is -0.496 e. The van der Waals surface area contributed by atoms with Crippen molar-refractivity contribution < 1.29 is 14.5 Å². The summed E-state index contributed by atoms with van der Waals surface area (Å²) in [6, 6.07) is 4.35. The number of amides is 1. The molecule has 0 aliphatic rings. The lowest BCUT2D eigenvalue weighted by Crippen LogP contribution is -2.12. The molecule has 0 atom stereocenters. The van der Waals surface area contributed by atoms with E-state index in [1.807, 2.05) is 6.92 Å². The molecule has 6 heteroatoms. The van der Waals surface area contributed by atoms with Gasteiger partial charge in [0.25, 0.3) is 5.69 Å². The van der Waals surface area contributed by atoms with Gasteiger partial charge in [-0.05, 0) is 18.6 Å². The molecular weight excluding hydrogens is 248 g/mol. The number of methoxy groups -OCH3 is 1. The molecule has 0 aliphatic carbocycles. The standard InChI is InChI=1S/C13H18N2O4/c1-3-4-5-6-13(16)14-11-8-7-10(19-2)9-12(11)15(17)18/h7-9H,3-6H2,1-2H3,(H,14,16). The van der Waals surface area contributed by atoms with E-state index in [1.165, 1.54) is 19.2 Å². The van der Waals surface area contributed by atoms with Crippen LogP contribution in [0.3, 0.4) is 0 Å². The van der Waals surface area contributed by atoms with Crippen LogP contribution in [-0.4, -0.2) is 17.9 Å². The third-order valence-electron chi connectivity index (χ3n) is 2.68. The van der Waals surface area contributed by atoms with Crippen molar-refractivity contribution in [1.82, 2.24) is 0 Å². The van der Waals surface area contributed by atoms with E-state index in [0.717, 1.165) is 19.3 Å². The fourth-order valence-corrected chi connectivity index (χ4v) is 1.64. The van der Waals surface area contributed by atoms with Crippen LogP contribution in [0.25, 0.3) is 0 Å². The van der Waals surface area contributed by atoms with E-state index in [2.05, 4.69) is 5.32 Å². The molecule has 0 aromatic heterocycles. The summed E-state index contributed by atoms with van der Waals surface area (Å²) in [5.74, 6) is 0.178. The van der Waals surface area contributed by atoms with Gasteiger partial charge in [0, 0.05) is 6.42 Å². The Morgan fingerprint density at radius 3 is 2.74 bits per heavy atom. The number of ether oxygens (including phenoxy) is 1. The van der Waals surface area contributed by atoms with Crippen molar-refractivity contribution in [3.63, 3.8) is 0 Å². The van der Waals surface area contributed by atoms with Crippen LogP contribution in [0.2, 0.25) is 0 Å². The van der Waals surface area contributed by atoms with Gasteiger partial charge in [-0.3, -0.25) is 14.9 Å². The molecule has 0 saturated carbocycles. The normalized spacial score (nSPS) is 10.0. The molecule has 1 aromatic rings. The number of rotatable bonds is 7. The van der Waals surface area contributed by atoms with E-state index in [-0.39, 0.29) is 17.3 Å². The molecule has 1 aromatic carbocycles. The van der Waals surface area contributed by atoms with Crippen molar-refractivity contribution >= 4 is 17.3 Å². The van der Waals surface area contributed by atoms with Gasteiger partial charge in [0.05, 0.1) is 18.1 Å². The van der Waals surface area contributed by atoms with Crippen molar-refractivity contribution in [1.29, 1.82) is 0 Å². The highest BCUT2D eigenvalue weighted by molar-refractivity contribution is 5.93. The Morgan fingerprint density at radius 2 is 2.16 bits per heavy atom. The average Bonchev–Trinajstić information content (AvgIpc) is 2.39. The summed E-state index contributed by atoms with van der Waals surface area (Å²) < 4.78 is 4.93. The van der Waals surface area contributed by atoms with Crippen LogP contribution in [0, 0.1) is 10.1 Å². The predicted octanol–water partition coefficient (Wildman–Crippen LogP) is 3.12. The fraction of sp³-hybridized carbons (Fsp3) is 0.462. The van der Waals surface area contributed by atoms with E-state index in [1.54, 1.807) is 6.07 Å². The Hall–Kier alpha value is -2.11. The van der Waals surface area contributed by atoms with Gasteiger partial charge < -0.3 is 10.1 Å². The van der Waals surface area contributed by atoms with E-state index in [4.69, 9.17) is 4.74 Å². The second kappa shape index (κ2) is 7.35. The van der Waals surface area contributed by atoms with E-state index in [9.17, 15) is 14.9 Å². The molecule has 6 nitrogen and oxygen atoms in total. The Kier molecular flexibility index (Phi) is 5.78. The Bertz CT molecular complexity index is 460. The van der Waals surface area contributed by atoms with E-state index >= 15 is 0 Å². The zero-order valence-corrected chi connectivity index (χ0v) is 11.1. The maximum absolute atomic E-state index is 11.7.